The Morgan fingerprint density at radius 1 is 1.15 bits per heavy atom. The van der Waals surface area contributed by atoms with Crippen LogP contribution in [0.1, 0.15) is 19.8 Å². The first-order chi connectivity index (χ1) is 12.6. The minimum Gasteiger partial charge on any atom is -0.344 e. The summed E-state index contributed by atoms with van der Waals surface area (Å²) in [6.45, 7) is 2.16. The predicted molar refractivity (Wildman–Crippen MR) is 97.0 cm³/mol. The van der Waals surface area contributed by atoms with E-state index in [2.05, 4.69) is 15.6 Å². The van der Waals surface area contributed by atoms with Crippen LogP contribution >= 0.6 is 0 Å². The molecule has 1 aromatic rings. The van der Waals surface area contributed by atoms with Crippen molar-refractivity contribution >= 4 is 23.4 Å². The van der Waals surface area contributed by atoms with Crippen LogP contribution in [-0.2, 0) is 14.4 Å². The van der Waals surface area contributed by atoms with Crippen LogP contribution in [0.2, 0.25) is 0 Å². The zero-order valence-corrected chi connectivity index (χ0v) is 14.6. The molecule has 2 heterocycles. The maximum atomic E-state index is 12.7. The monoisotopic (exact) mass is 354 g/mol. The average Bonchev–Trinajstić information content (AvgIpc) is 3.33. The summed E-state index contributed by atoms with van der Waals surface area (Å²) < 4.78 is 0. The van der Waals surface area contributed by atoms with Crippen molar-refractivity contribution in [1.82, 2.24) is 15.2 Å². The molecule has 1 aliphatic carbocycles. The van der Waals surface area contributed by atoms with Gasteiger partial charge in [0.05, 0.1) is 5.92 Å². The van der Waals surface area contributed by atoms with E-state index in [1.807, 2.05) is 0 Å². The first-order valence-electron chi connectivity index (χ1n) is 8.73. The molecule has 3 rings (SSSR count). The minimum atomic E-state index is -0.681. The number of hydrogen-bond donors (Lipinski definition) is 2. The van der Waals surface area contributed by atoms with E-state index >= 15 is 0 Å². The van der Waals surface area contributed by atoms with Gasteiger partial charge in [-0.15, -0.1) is 0 Å². The zero-order chi connectivity index (χ0) is 18.5. The second-order valence-electron chi connectivity index (χ2n) is 6.44. The Bertz CT molecular complexity index is 732. The first-order valence-corrected chi connectivity index (χ1v) is 8.73. The summed E-state index contributed by atoms with van der Waals surface area (Å²) in [7, 11) is 0. The van der Waals surface area contributed by atoms with Crippen LogP contribution in [0.15, 0.2) is 48.8 Å². The zero-order valence-electron chi connectivity index (χ0n) is 14.6. The van der Waals surface area contributed by atoms with E-state index in [-0.39, 0.29) is 23.6 Å². The van der Waals surface area contributed by atoms with Crippen molar-refractivity contribution in [2.45, 2.75) is 31.8 Å². The van der Waals surface area contributed by atoms with Crippen LogP contribution in [0.5, 0.6) is 0 Å². The van der Waals surface area contributed by atoms with Crippen LogP contribution in [0.4, 0.5) is 5.69 Å². The number of carbonyl (C=O) groups excluding carboxylic acids is 3. The quantitative estimate of drug-likeness (QED) is 0.833. The number of nitrogens with zero attached hydrogens (tertiary/aromatic N) is 2. The summed E-state index contributed by atoms with van der Waals surface area (Å²) in [5, 5.41) is 5.55. The fourth-order valence-corrected chi connectivity index (χ4v) is 3.19. The number of anilines is 1. The van der Waals surface area contributed by atoms with Crippen LogP contribution in [0, 0.1) is 5.92 Å². The van der Waals surface area contributed by atoms with E-state index in [4.69, 9.17) is 0 Å². The Kier molecular flexibility index (Phi) is 5.46. The number of rotatable bonds is 5. The van der Waals surface area contributed by atoms with Crippen molar-refractivity contribution in [3.05, 3.63) is 48.8 Å². The van der Waals surface area contributed by atoms with Crippen molar-refractivity contribution in [2.75, 3.05) is 11.9 Å². The lowest BCUT2D eigenvalue weighted by Gasteiger charge is -2.27. The SMILES string of the molecule is C[C@@H](NC(=O)C1C=CC=C1)C(=O)N1CCC[C@H]1C(=O)Nc1ccncc1. The maximum absolute atomic E-state index is 12.7. The van der Waals surface area contributed by atoms with Gasteiger partial charge in [0.2, 0.25) is 17.7 Å². The lowest BCUT2D eigenvalue weighted by molar-refractivity contribution is -0.139. The standard InChI is InChI=1S/C19H22N4O3/c1-13(21-17(24)14-5-2-3-6-14)19(26)23-12-4-7-16(23)18(25)22-15-8-10-20-11-9-15/h2-3,5-6,8-11,13-14,16H,4,7,12H2,1H3,(H,21,24)(H,20,22,25)/t13-,16+/m1/s1. The summed E-state index contributed by atoms with van der Waals surface area (Å²) >= 11 is 0. The van der Waals surface area contributed by atoms with Gasteiger partial charge >= 0.3 is 0 Å². The van der Waals surface area contributed by atoms with Gasteiger partial charge in [0.1, 0.15) is 12.1 Å². The van der Waals surface area contributed by atoms with Gasteiger partial charge in [0.25, 0.3) is 0 Å². The largest absolute Gasteiger partial charge is 0.344 e. The third kappa shape index (κ3) is 3.99. The number of pyridine rings is 1. The maximum Gasteiger partial charge on any atom is 0.247 e. The normalized spacial score (nSPS) is 20.2. The molecule has 0 spiro atoms. The third-order valence-corrected chi connectivity index (χ3v) is 4.57. The van der Waals surface area contributed by atoms with E-state index < -0.39 is 12.1 Å². The van der Waals surface area contributed by atoms with E-state index in [0.717, 1.165) is 6.42 Å². The smallest absolute Gasteiger partial charge is 0.247 e. The molecule has 2 aliphatic rings. The summed E-state index contributed by atoms with van der Waals surface area (Å²) in [6.07, 6.45) is 11.7. The molecular weight excluding hydrogens is 332 g/mol. The number of likely N-dealkylation sites (tertiary alicyclic amines) is 1. The van der Waals surface area contributed by atoms with Crippen LogP contribution in [0.3, 0.4) is 0 Å². The highest BCUT2D eigenvalue weighted by Crippen LogP contribution is 2.20. The fraction of sp³-hybridized carbons (Fsp3) is 0.368. The molecule has 0 aromatic carbocycles. The van der Waals surface area contributed by atoms with E-state index in [9.17, 15) is 14.4 Å². The summed E-state index contributed by atoms with van der Waals surface area (Å²) in [5.74, 6) is -1.01. The molecule has 2 atom stereocenters. The van der Waals surface area contributed by atoms with Crippen LogP contribution < -0.4 is 10.6 Å². The van der Waals surface area contributed by atoms with Crippen LogP contribution in [-0.4, -0.2) is 46.2 Å². The first kappa shape index (κ1) is 17.8. The Hall–Kier alpha value is -2.96. The molecule has 7 nitrogen and oxygen atoms in total. The lowest BCUT2D eigenvalue weighted by atomic mass is 10.1. The topological polar surface area (TPSA) is 91.4 Å². The fourth-order valence-electron chi connectivity index (χ4n) is 3.19. The van der Waals surface area contributed by atoms with Gasteiger partial charge < -0.3 is 15.5 Å². The lowest BCUT2D eigenvalue weighted by Crippen LogP contribution is -2.52. The second kappa shape index (κ2) is 7.95. The van der Waals surface area contributed by atoms with Crippen molar-refractivity contribution in [2.24, 2.45) is 5.92 Å². The molecular formula is C19H22N4O3. The molecule has 1 saturated heterocycles. The van der Waals surface area contributed by atoms with Crippen molar-refractivity contribution in [3.8, 4) is 0 Å². The Labute approximate surface area is 152 Å². The molecule has 3 amide bonds. The molecule has 1 aliphatic heterocycles. The Morgan fingerprint density at radius 3 is 2.54 bits per heavy atom. The number of allylic oxidation sites excluding steroid dienone is 2. The number of amides is 3. The molecule has 26 heavy (non-hydrogen) atoms. The third-order valence-electron chi connectivity index (χ3n) is 4.57. The van der Waals surface area contributed by atoms with E-state index in [1.54, 1.807) is 60.7 Å². The van der Waals surface area contributed by atoms with E-state index in [1.165, 1.54) is 0 Å². The van der Waals surface area contributed by atoms with Gasteiger partial charge in [0, 0.05) is 24.6 Å². The molecule has 1 fully saturated rings. The van der Waals surface area contributed by atoms with Crippen LogP contribution in [0.25, 0.3) is 0 Å². The highest BCUT2D eigenvalue weighted by Gasteiger charge is 2.36. The molecule has 136 valence electrons. The van der Waals surface area contributed by atoms with E-state index in [0.29, 0.717) is 18.7 Å². The number of hydrogen-bond acceptors (Lipinski definition) is 4. The number of aromatic nitrogens is 1. The molecule has 0 bridgehead atoms. The summed E-state index contributed by atoms with van der Waals surface area (Å²) in [6, 6.07) is 2.19. The summed E-state index contributed by atoms with van der Waals surface area (Å²) in [5.41, 5.74) is 0.644. The molecule has 0 unspecified atom stereocenters. The molecule has 0 radical (unpaired) electrons. The van der Waals surface area contributed by atoms with Gasteiger partial charge in [-0.2, -0.15) is 0 Å². The number of carbonyl (C=O) groups is 3. The molecule has 0 saturated carbocycles. The second-order valence-corrected chi connectivity index (χ2v) is 6.44. The highest BCUT2D eigenvalue weighted by atomic mass is 16.2. The highest BCUT2D eigenvalue weighted by molar-refractivity contribution is 5.98. The van der Waals surface area contributed by atoms with Gasteiger partial charge in [-0.05, 0) is 31.9 Å². The van der Waals surface area contributed by atoms with Gasteiger partial charge in [-0.3, -0.25) is 19.4 Å². The average molecular weight is 354 g/mol. The van der Waals surface area contributed by atoms with Gasteiger partial charge in [-0.25, -0.2) is 0 Å². The molecule has 1 aromatic heterocycles. The van der Waals surface area contributed by atoms with Crippen molar-refractivity contribution in [1.29, 1.82) is 0 Å². The molecule has 2 N–H and O–H groups in total. The van der Waals surface area contributed by atoms with Gasteiger partial charge in [0.15, 0.2) is 0 Å². The summed E-state index contributed by atoms with van der Waals surface area (Å²) in [4.78, 5) is 42.9. The predicted octanol–water partition coefficient (Wildman–Crippen LogP) is 1.26. The number of nitrogens with one attached hydrogen (secondary N) is 2. The Balaban J connectivity index is 1.60. The van der Waals surface area contributed by atoms with Crippen molar-refractivity contribution in [3.63, 3.8) is 0 Å². The minimum absolute atomic E-state index is 0.215. The van der Waals surface area contributed by atoms with Gasteiger partial charge in [-0.1, -0.05) is 24.3 Å². The van der Waals surface area contributed by atoms with Crippen molar-refractivity contribution < 1.29 is 14.4 Å². The Morgan fingerprint density at radius 2 is 1.85 bits per heavy atom. The molecule has 7 heteroatoms.